The van der Waals surface area contributed by atoms with Crippen LogP contribution in [0.2, 0.25) is 0 Å². The van der Waals surface area contributed by atoms with E-state index in [9.17, 15) is 10.0 Å². The molecular formula is C12H11N3O2. The largest absolute Gasteiger partial charge is 0.619 e. The van der Waals surface area contributed by atoms with Crippen LogP contribution in [0.3, 0.4) is 0 Å². The highest BCUT2D eigenvalue weighted by Crippen LogP contribution is 2.11. The Balaban J connectivity index is 2.11. The number of pyridine rings is 1. The number of nitrogens with zero attached hydrogens (tertiary/aromatic N) is 1. The van der Waals surface area contributed by atoms with Crippen molar-refractivity contribution in [1.82, 2.24) is 0 Å². The molecule has 5 nitrogen and oxygen atoms in total. The van der Waals surface area contributed by atoms with Gasteiger partial charge in [-0.05, 0) is 24.3 Å². The monoisotopic (exact) mass is 229 g/mol. The van der Waals surface area contributed by atoms with Gasteiger partial charge in [0, 0.05) is 23.5 Å². The van der Waals surface area contributed by atoms with Crippen molar-refractivity contribution in [2.75, 3.05) is 11.1 Å². The van der Waals surface area contributed by atoms with Gasteiger partial charge in [0.15, 0.2) is 12.4 Å². The molecule has 0 spiro atoms. The first-order valence-electron chi connectivity index (χ1n) is 5.01. The van der Waals surface area contributed by atoms with Gasteiger partial charge in [-0.2, -0.15) is 4.73 Å². The Labute approximate surface area is 98.1 Å². The van der Waals surface area contributed by atoms with Gasteiger partial charge in [0.1, 0.15) is 0 Å². The van der Waals surface area contributed by atoms with E-state index in [1.165, 1.54) is 24.5 Å². The lowest BCUT2D eigenvalue weighted by Gasteiger charge is -2.05. The van der Waals surface area contributed by atoms with Crippen LogP contribution in [0, 0.1) is 5.21 Å². The highest BCUT2D eigenvalue weighted by molar-refractivity contribution is 6.04. The number of carbonyl (C=O) groups excluding carboxylic acids is 1. The van der Waals surface area contributed by atoms with Crippen LogP contribution in [-0.4, -0.2) is 5.91 Å². The molecule has 1 amide bonds. The summed E-state index contributed by atoms with van der Waals surface area (Å²) < 4.78 is 0.625. The van der Waals surface area contributed by atoms with E-state index in [2.05, 4.69) is 5.32 Å². The lowest BCUT2D eigenvalue weighted by Crippen LogP contribution is -2.25. The molecule has 2 aromatic rings. The fourth-order valence-corrected chi connectivity index (χ4v) is 1.33. The van der Waals surface area contributed by atoms with Crippen LogP contribution >= 0.6 is 0 Å². The van der Waals surface area contributed by atoms with Crippen LogP contribution in [0.1, 0.15) is 10.4 Å². The molecule has 0 saturated heterocycles. The number of amides is 1. The van der Waals surface area contributed by atoms with Crippen LogP contribution in [0.25, 0.3) is 0 Å². The number of nitrogens with two attached hydrogens (primary N) is 1. The second-order valence-corrected chi connectivity index (χ2v) is 3.52. The van der Waals surface area contributed by atoms with E-state index in [-0.39, 0.29) is 5.91 Å². The highest BCUT2D eigenvalue weighted by atomic mass is 16.5. The average Bonchev–Trinajstić information content (AvgIpc) is 2.33. The minimum Gasteiger partial charge on any atom is -0.619 e. The van der Waals surface area contributed by atoms with Crippen LogP contribution in [0.4, 0.5) is 11.4 Å². The Morgan fingerprint density at radius 3 is 2.29 bits per heavy atom. The SMILES string of the molecule is Nc1ccc(NC(=O)c2cc[n+]([O-])cc2)cc1. The van der Waals surface area contributed by atoms with Crippen LogP contribution in [0.5, 0.6) is 0 Å². The van der Waals surface area contributed by atoms with Crippen molar-refractivity contribution in [1.29, 1.82) is 0 Å². The van der Waals surface area contributed by atoms with Crippen LogP contribution in [0.15, 0.2) is 48.8 Å². The molecule has 0 saturated carbocycles. The molecule has 1 aromatic carbocycles. The first-order chi connectivity index (χ1) is 8.15. The third-order valence-corrected chi connectivity index (χ3v) is 2.23. The zero-order valence-corrected chi connectivity index (χ0v) is 8.96. The summed E-state index contributed by atoms with van der Waals surface area (Å²) in [4.78, 5) is 11.8. The molecule has 2 rings (SSSR count). The lowest BCUT2D eigenvalue weighted by atomic mass is 10.2. The molecule has 0 radical (unpaired) electrons. The molecule has 0 aliphatic rings. The number of rotatable bonds is 2. The van der Waals surface area contributed by atoms with Gasteiger partial charge < -0.3 is 16.3 Å². The number of nitrogens with one attached hydrogen (secondary N) is 1. The van der Waals surface area contributed by atoms with Crippen molar-refractivity contribution >= 4 is 17.3 Å². The molecule has 5 heteroatoms. The Morgan fingerprint density at radius 2 is 1.71 bits per heavy atom. The van der Waals surface area contributed by atoms with E-state index in [4.69, 9.17) is 5.73 Å². The molecular weight excluding hydrogens is 218 g/mol. The molecule has 0 atom stereocenters. The number of benzene rings is 1. The molecule has 17 heavy (non-hydrogen) atoms. The van der Waals surface area contributed by atoms with E-state index in [1.807, 2.05) is 0 Å². The van der Waals surface area contributed by atoms with Gasteiger partial charge in [0.05, 0.1) is 5.56 Å². The first kappa shape index (κ1) is 10.9. The normalized spacial score (nSPS) is 9.88. The maximum atomic E-state index is 11.8. The summed E-state index contributed by atoms with van der Waals surface area (Å²) in [6.07, 6.45) is 2.55. The van der Waals surface area contributed by atoms with Gasteiger partial charge in [-0.25, -0.2) is 0 Å². The van der Waals surface area contributed by atoms with E-state index < -0.39 is 0 Å². The number of carbonyl (C=O) groups is 1. The predicted octanol–water partition coefficient (Wildman–Crippen LogP) is 1.15. The third kappa shape index (κ3) is 2.72. The number of hydrogen-bond donors (Lipinski definition) is 2. The Bertz CT molecular complexity index is 520. The van der Waals surface area contributed by atoms with Crippen molar-refractivity contribution < 1.29 is 9.52 Å². The highest BCUT2D eigenvalue weighted by Gasteiger charge is 2.06. The molecule has 1 aromatic heterocycles. The zero-order valence-electron chi connectivity index (χ0n) is 8.96. The molecule has 0 aliphatic heterocycles. The van der Waals surface area contributed by atoms with Gasteiger partial charge in [-0.3, -0.25) is 4.79 Å². The van der Waals surface area contributed by atoms with Gasteiger partial charge >= 0.3 is 0 Å². The summed E-state index contributed by atoms with van der Waals surface area (Å²) in [5.74, 6) is -0.268. The van der Waals surface area contributed by atoms with Crippen LogP contribution in [-0.2, 0) is 0 Å². The molecule has 0 aliphatic carbocycles. The second-order valence-electron chi connectivity index (χ2n) is 3.52. The number of nitrogen functional groups attached to an aromatic ring is 1. The molecule has 0 fully saturated rings. The Kier molecular flexibility index (Phi) is 2.91. The Hall–Kier alpha value is -2.56. The van der Waals surface area contributed by atoms with Gasteiger partial charge in [-0.15, -0.1) is 0 Å². The van der Waals surface area contributed by atoms with E-state index >= 15 is 0 Å². The number of hydrogen-bond acceptors (Lipinski definition) is 3. The quantitative estimate of drug-likeness (QED) is 0.460. The van der Waals surface area contributed by atoms with Crippen molar-refractivity contribution in [2.24, 2.45) is 0 Å². The minimum atomic E-state index is -0.268. The standard InChI is InChI=1S/C12H11N3O2/c13-10-1-3-11(4-2-10)14-12(16)9-5-7-15(17)8-6-9/h1-8H,13H2,(H,14,16). The summed E-state index contributed by atoms with van der Waals surface area (Å²) in [7, 11) is 0. The fraction of sp³-hybridized carbons (Fsp3) is 0. The van der Waals surface area contributed by atoms with Crippen molar-refractivity contribution in [3.8, 4) is 0 Å². The zero-order chi connectivity index (χ0) is 12.3. The summed E-state index contributed by atoms with van der Waals surface area (Å²) in [6, 6.07) is 9.74. The average molecular weight is 229 g/mol. The van der Waals surface area contributed by atoms with Gasteiger partial charge in [-0.1, -0.05) is 0 Å². The topological polar surface area (TPSA) is 82.1 Å². The number of aromatic nitrogens is 1. The van der Waals surface area contributed by atoms with Crippen molar-refractivity contribution in [2.45, 2.75) is 0 Å². The smallest absolute Gasteiger partial charge is 0.256 e. The summed E-state index contributed by atoms with van der Waals surface area (Å²) in [5, 5.41) is 13.5. The summed E-state index contributed by atoms with van der Waals surface area (Å²) >= 11 is 0. The molecule has 0 unspecified atom stereocenters. The van der Waals surface area contributed by atoms with E-state index in [1.54, 1.807) is 24.3 Å². The fourth-order valence-electron chi connectivity index (χ4n) is 1.33. The van der Waals surface area contributed by atoms with Gasteiger partial charge in [0.25, 0.3) is 5.91 Å². The summed E-state index contributed by atoms with van der Waals surface area (Å²) in [6.45, 7) is 0. The lowest BCUT2D eigenvalue weighted by molar-refractivity contribution is -0.605. The maximum Gasteiger partial charge on any atom is 0.256 e. The Morgan fingerprint density at radius 1 is 1.12 bits per heavy atom. The van der Waals surface area contributed by atoms with Crippen LogP contribution < -0.4 is 15.8 Å². The number of anilines is 2. The van der Waals surface area contributed by atoms with Crippen molar-refractivity contribution in [3.63, 3.8) is 0 Å². The minimum absolute atomic E-state index is 0.268. The molecule has 86 valence electrons. The second kappa shape index (κ2) is 4.52. The molecule has 1 heterocycles. The van der Waals surface area contributed by atoms with Gasteiger partial charge in [0.2, 0.25) is 0 Å². The maximum absolute atomic E-state index is 11.8. The summed E-state index contributed by atoms with van der Waals surface area (Å²) in [5.41, 5.74) is 7.25. The molecule has 0 bridgehead atoms. The first-order valence-corrected chi connectivity index (χ1v) is 5.01. The van der Waals surface area contributed by atoms with E-state index in [0.29, 0.717) is 21.7 Å². The predicted molar refractivity (Wildman–Crippen MR) is 64.2 cm³/mol. The van der Waals surface area contributed by atoms with E-state index in [0.717, 1.165) is 0 Å². The van der Waals surface area contributed by atoms with Crippen molar-refractivity contribution in [3.05, 3.63) is 59.6 Å². The third-order valence-electron chi connectivity index (χ3n) is 2.23. The molecule has 3 N–H and O–H groups in total.